The average Bonchev–Trinajstić information content (AvgIpc) is 2.72. The molecule has 2 rings (SSSR count). The second-order valence-electron chi connectivity index (χ2n) is 5.23. The third-order valence-electron chi connectivity index (χ3n) is 2.28. The fourth-order valence-corrected chi connectivity index (χ4v) is 1.51. The van der Waals surface area contributed by atoms with E-state index >= 15 is 0 Å². The van der Waals surface area contributed by atoms with Gasteiger partial charge in [0.25, 0.3) is 0 Å². The molecule has 0 aliphatic heterocycles. The molecule has 0 aromatic carbocycles. The molecule has 72 valence electrons. The van der Waals surface area contributed by atoms with Crippen molar-refractivity contribution < 1.29 is 4.52 Å². The lowest BCUT2D eigenvalue weighted by Gasteiger charge is -2.14. The van der Waals surface area contributed by atoms with Gasteiger partial charge in [-0.15, -0.1) is 0 Å². The molecule has 2 heteroatoms. The molecule has 0 N–H and O–H groups in total. The normalized spacial score (nSPS) is 17.8. The summed E-state index contributed by atoms with van der Waals surface area (Å²) >= 11 is 0. The van der Waals surface area contributed by atoms with E-state index in [0.29, 0.717) is 11.3 Å². The van der Waals surface area contributed by atoms with Crippen LogP contribution in [0.3, 0.4) is 0 Å². The number of hydrogen-bond acceptors (Lipinski definition) is 2. The van der Waals surface area contributed by atoms with Crippen molar-refractivity contribution in [3.63, 3.8) is 0 Å². The van der Waals surface area contributed by atoms with E-state index in [1.807, 2.05) is 0 Å². The van der Waals surface area contributed by atoms with E-state index in [2.05, 4.69) is 32.0 Å². The van der Waals surface area contributed by atoms with E-state index in [4.69, 9.17) is 4.52 Å². The first kappa shape index (κ1) is 8.79. The Labute approximate surface area is 79.3 Å². The van der Waals surface area contributed by atoms with E-state index in [9.17, 15) is 0 Å². The van der Waals surface area contributed by atoms with Gasteiger partial charge in [-0.05, 0) is 18.3 Å². The molecule has 1 aromatic heterocycles. The number of rotatable bonds is 2. The van der Waals surface area contributed by atoms with E-state index in [1.54, 1.807) is 0 Å². The molecule has 0 radical (unpaired) electrons. The van der Waals surface area contributed by atoms with Gasteiger partial charge in [-0.25, -0.2) is 0 Å². The third-order valence-corrected chi connectivity index (χ3v) is 2.28. The maximum Gasteiger partial charge on any atom is 0.137 e. The molecule has 1 aliphatic rings. The lowest BCUT2D eigenvalue weighted by Crippen LogP contribution is -2.08. The monoisotopic (exact) mass is 179 g/mol. The minimum atomic E-state index is 0.292. The van der Waals surface area contributed by atoms with Gasteiger partial charge >= 0.3 is 0 Å². The molecule has 13 heavy (non-hydrogen) atoms. The van der Waals surface area contributed by atoms with Crippen LogP contribution in [0.15, 0.2) is 10.6 Å². The van der Waals surface area contributed by atoms with E-state index in [1.165, 1.54) is 18.5 Å². The average molecular weight is 179 g/mol. The van der Waals surface area contributed by atoms with Crippen LogP contribution in [0.4, 0.5) is 0 Å². The van der Waals surface area contributed by atoms with Gasteiger partial charge in [-0.2, -0.15) is 0 Å². The third kappa shape index (κ3) is 2.33. The molecule has 0 spiro atoms. The Morgan fingerprint density at radius 1 is 1.46 bits per heavy atom. The highest BCUT2D eigenvalue weighted by atomic mass is 16.5. The van der Waals surface area contributed by atoms with Gasteiger partial charge in [0.05, 0.1) is 5.69 Å². The van der Waals surface area contributed by atoms with Crippen LogP contribution >= 0.6 is 0 Å². The molecule has 0 unspecified atom stereocenters. The van der Waals surface area contributed by atoms with Gasteiger partial charge < -0.3 is 4.52 Å². The summed E-state index contributed by atoms with van der Waals surface area (Å²) in [6, 6.07) is 2.13. The maximum absolute atomic E-state index is 5.29. The molecule has 0 atom stereocenters. The van der Waals surface area contributed by atoms with Crippen LogP contribution in [0.5, 0.6) is 0 Å². The Morgan fingerprint density at radius 2 is 2.15 bits per heavy atom. The van der Waals surface area contributed by atoms with Crippen molar-refractivity contribution in [3.8, 4) is 0 Å². The molecule has 1 aromatic rings. The lowest BCUT2D eigenvalue weighted by molar-refractivity contribution is 0.318. The van der Waals surface area contributed by atoms with Gasteiger partial charge in [0.15, 0.2) is 0 Å². The first-order valence-electron chi connectivity index (χ1n) is 5.00. The highest BCUT2D eigenvalue weighted by molar-refractivity contribution is 5.15. The first-order chi connectivity index (χ1) is 6.04. The molecule has 0 saturated heterocycles. The summed E-state index contributed by atoms with van der Waals surface area (Å²) in [5.41, 5.74) is 1.46. The Kier molecular flexibility index (Phi) is 1.94. The highest BCUT2D eigenvalue weighted by Gasteiger charge is 2.27. The standard InChI is InChI=1S/C11H17NO/c1-11(2,3)7-9-6-10(12-13-9)8-4-5-8/h6,8H,4-5,7H2,1-3H3. The second-order valence-corrected chi connectivity index (χ2v) is 5.23. The van der Waals surface area contributed by atoms with Crippen LogP contribution in [0.25, 0.3) is 0 Å². The second kappa shape index (κ2) is 2.86. The van der Waals surface area contributed by atoms with Crippen molar-refractivity contribution in [3.05, 3.63) is 17.5 Å². The molecule has 1 aliphatic carbocycles. The smallest absolute Gasteiger partial charge is 0.137 e. The van der Waals surface area contributed by atoms with Crippen LogP contribution < -0.4 is 0 Å². The molecule has 0 amide bonds. The van der Waals surface area contributed by atoms with Crippen LogP contribution in [-0.4, -0.2) is 5.16 Å². The molecular weight excluding hydrogens is 162 g/mol. The summed E-state index contributed by atoms with van der Waals surface area (Å²) < 4.78 is 5.29. The number of aromatic nitrogens is 1. The predicted molar refractivity (Wildman–Crippen MR) is 51.6 cm³/mol. The van der Waals surface area contributed by atoms with Crippen molar-refractivity contribution in [1.29, 1.82) is 0 Å². The van der Waals surface area contributed by atoms with Gasteiger partial charge in [-0.3, -0.25) is 0 Å². The van der Waals surface area contributed by atoms with Crippen molar-refractivity contribution in [2.45, 2.75) is 46.0 Å². The highest BCUT2D eigenvalue weighted by Crippen LogP contribution is 2.39. The number of nitrogens with zero attached hydrogens (tertiary/aromatic N) is 1. The minimum absolute atomic E-state index is 0.292. The van der Waals surface area contributed by atoms with Crippen molar-refractivity contribution in [2.24, 2.45) is 5.41 Å². The Balaban J connectivity index is 2.04. The van der Waals surface area contributed by atoms with Gasteiger partial charge in [0.1, 0.15) is 5.76 Å². The van der Waals surface area contributed by atoms with Gasteiger partial charge in [-0.1, -0.05) is 25.9 Å². The Hall–Kier alpha value is -0.790. The topological polar surface area (TPSA) is 26.0 Å². The van der Waals surface area contributed by atoms with Gasteiger partial charge in [0.2, 0.25) is 0 Å². The van der Waals surface area contributed by atoms with Crippen LogP contribution in [-0.2, 0) is 6.42 Å². The summed E-state index contributed by atoms with van der Waals surface area (Å²) in [7, 11) is 0. The van der Waals surface area contributed by atoms with Crippen molar-refractivity contribution in [1.82, 2.24) is 5.16 Å². The first-order valence-corrected chi connectivity index (χ1v) is 5.00. The molecule has 1 fully saturated rings. The number of hydrogen-bond donors (Lipinski definition) is 0. The minimum Gasteiger partial charge on any atom is -0.361 e. The Bertz CT molecular complexity index is 291. The summed E-state index contributed by atoms with van der Waals surface area (Å²) in [5.74, 6) is 1.74. The maximum atomic E-state index is 5.29. The van der Waals surface area contributed by atoms with Crippen molar-refractivity contribution in [2.75, 3.05) is 0 Å². The zero-order valence-corrected chi connectivity index (χ0v) is 8.63. The predicted octanol–water partition coefficient (Wildman–Crippen LogP) is 3.14. The SMILES string of the molecule is CC(C)(C)Cc1cc(C2CC2)no1. The molecule has 1 saturated carbocycles. The van der Waals surface area contributed by atoms with E-state index in [-0.39, 0.29) is 0 Å². The molecule has 0 bridgehead atoms. The van der Waals surface area contributed by atoms with Crippen LogP contribution in [0.1, 0.15) is 51.0 Å². The summed E-state index contributed by atoms with van der Waals surface area (Å²) in [4.78, 5) is 0. The lowest BCUT2D eigenvalue weighted by atomic mass is 9.91. The zero-order chi connectivity index (χ0) is 9.47. The van der Waals surface area contributed by atoms with Gasteiger partial charge in [0, 0.05) is 18.4 Å². The van der Waals surface area contributed by atoms with Crippen molar-refractivity contribution >= 4 is 0 Å². The molecule has 1 heterocycles. The van der Waals surface area contributed by atoms with E-state index in [0.717, 1.165) is 12.2 Å². The molecule has 2 nitrogen and oxygen atoms in total. The molecular formula is C11H17NO. The Morgan fingerprint density at radius 3 is 2.69 bits per heavy atom. The van der Waals surface area contributed by atoms with Crippen LogP contribution in [0.2, 0.25) is 0 Å². The zero-order valence-electron chi connectivity index (χ0n) is 8.63. The van der Waals surface area contributed by atoms with Crippen LogP contribution in [0, 0.1) is 5.41 Å². The quantitative estimate of drug-likeness (QED) is 0.697. The summed E-state index contributed by atoms with van der Waals surface area (Å²) in [6.45, 7) is 6.64. The summed E-state index contributed by atoms with van der Waals surface area (Å²) in [6.07, 6.45) is 3.57. The fraction of sp³-hybridized carbons (Fsp3) is 0.727. The van der Waals surface area contributed by atoms with E-state index < -0.39 is 0 Å². The summed E-state index contributed by atoms with van der Waals surface area (Å²) in [5, 5.41) is 4.09. The fourth-order valence-electron chi connectivity index (χ4n) is 1.51. The largest absolute Gasteiger partial charge is 0.361 e.